The summed E-state index contributed by atoms with van der Waals surface area (Å²) >= 11 is 5.42. The van der Waals surface area contributed by atoms with Gasteiger partial charge in [0.15, 0.2) is 0 Å². The van der Waals surface area contributed by atoms with E-state index in [9.17, 15) is 4.79 Å². The third-order valence-corrected chi connectivity index (χ3v) is 5.88. The molecule has 0 bridgehead atoms. The van der Waals surface area contributed by atoms with Crippen molar-refractivity contribution in [2.24, 2.45) is 0 Å². The molecule has 2 atom stereocenters. The first-order valence-corrected chi connectivity index (χ1v) is 8.78. The maximum Gasteiger partial charge on any atom is 0.252 e. The van der Waals surface area contributed by atoms with Gasteiger partial charge < -0.3 is 5.32 Å². The third kappa shape index (κ3) is 3.76. The lowest BCUT2D eigenvalue weighted by atomic mass is 9.94. The molecule has 0 saturated heterocycles. The van der Waals surface area contributed by atoms with Crippen LogP contribution in [0.2, 0.25) is 0 Å². The maximum absolute atomic E-state index is 12.3. The summed E-state index contributed by atoms with van der Waals surface area (Å²) in [5, 5.41) is 3.88. The first kappa shape index (κ1) is 14.9. The summed E-state index contributed by atoms with van der Waals surface area (Å²) < 4.78 is 0.907. The second-order valence-corrected chi connectivity index (χ2v) is 7.06. The van der Waals surface area contributed by atoms with E-state index in [1.165, 1.54) is 12.8 Å². The molecule has 1 fully saturated rings. The van der Waals surface area contributed by atoms with Crippen LogP contribution >= 0.6 is 27.7 Å². The number of hydrogen-bond acceptors (Lipinski definition) is 2. The number of hydrogen-bond donors (Lipinski definition) is 1. The van der Waals surface area contributed by atoms with Gasteiger partial charge in [0.05, 0.1) is 5.56 Å². The number of halogens is 1. The minimum Gasteiger partial charge on any atom is -0.349 e. The molecule has 2 rings (SSSR count). The summed E-state index contributed by atoms with van der Waals surface area (Å²) in [7, 11) is 0. The molecule has 1 saturated carbocycles. The summed E-state index contributed by atoms with van der Waals surface area (Å²) in [5.41, 5.74) is 1.84. The monoisotopic (exact) mass is 341 g/mol. The second kappa shape index (κ2) is 6.80. The Hall–Kier alpha value is -0.480. The maximum atomic E-state index is 12.3. The van der Waals surface area contributed by atoms with Crippen molar-refractivity contribution in [2.45, 2.75) is 43.9 Å². The number of thioether (sulfide) groups is 1. The van der Waals surface area contributed by atoms with Gasteiger partial charge in [0.25, 0.3) is 5.91 Å². The first-order chi connectivity index (χ1) is 9.11. The molecule has 0 radical (unpaired) electrons. The van der Waals surface area contributed by atoms with Gasteiger partial charge in [-0.05, 0) is 60.0 Å². The molecule has 0 heterocycles. The van der Waals surface area contributed by atoms with Crippen LogP contribution in [0.25, 0.3) is 0 Å². The van der Waals surface area contributed by atoms with Crippen molar-refractivity contribution < 1.29 is 4.79 Å². The van der Waals surface area contributed by atoms with Gasteiger partial charge in [-0.3, -0.25) is 4.79 Å². The van der Waals surface area contributed by atoms with Crippen LogP contribution in [-0.4, -0.2) is 23.5 Å². The molecule has 1 aromatic rings. The molecule has 0 aromatic heterocycles. The Morgan fingerprint density at radius 1 is 1.42 bits per heavy atom. The number of nitrogens with one attached hydrogen (secondary N) is 1. The Morgan fingerprint density at radius 2 is 2.21 bits per heavy atom. The molecular weight excluding hydrogens is 322 g/mol. The van der Waals surface area contributed by atoms with Gasteiger partial charge in [-0.25, -0.2) is 0 Å². The molecule has 0 aliphatic heterocycles. The van der Waals surface area contributed by atoms with Crippen molar-refractivity contribution >= 4 is 33.6 Å². The minimum absolute atomic E-state index is 0.0438. The number of rotatable bonds is 3. The quantitative estimate of drug-likeness (QED) is 0.894. The van der Waals surface area contributed by atoms with Crippen LogP contribution in [-0.2, 0) is 0 Å². The Kier molecular flexibility index (Phi) is 5.34. The van der Waals surface area contributed by atoms with Gasteiger partial charge in [0.1, 0.15) is 0 Å². The molecular formula is C15H20BrNOS. The van der Waals surface area contributed by atoms with E-state index in [1.807, 2.05) is 36.9 Å². The van der Waals surface area contributed by atoms with Crippen LogP contribution in [0.15, 0.2) is 22.7 Å². The fourth-order valence-electron chi connectivity index (χ4n) is 2.58. The van der Waals surface area contributed by atoms with Crippen LogP contribution in [0.4, 0.5) is 0 Å². The summed E-state index contributed by atoms with van der Waals surface area (Å²) in [4.78, 5) is 12.3. The summed E-state index contributed by atoms with van der Waals surface area (Å²) in [5.74, 6) is 0.0438. The third-order valence-electron chi connectivity index (χ3n) is 3.73. The zero-order chi connectivity index (χ0) is 13.8. The Balaban J connectivity index is 2.02. The number of benzene rings is 1. The van der Waals surface area contributed by atoms with Gasteiger partial charge in [0, 0.05) is 15.8 Å². The predicted molar refractivity (Wildman–Crippen MR) is 85.9 cm³/mol. The van der Waals surface area contributed by atoms with Crippen LogP contribution in [0.1, 0.15) is 41.6 Å². The molecule has 4 heteroatoms. The second-order valence-electron chi connectivity index (χ2n) is 5.13. The fourth-order valence-corrected chi connectivity index (χ4v) is 3.85. The molecule has 1 aliphatic carbocycles. The van der Waals surface area contributed by atoms with E-state index in [0.29, 0.717) is 11.3 Å². The molecule has 0 spiro atoms. The zero-order valence-electron chi connectivity index (χ0n) is 11.4. The normalized spacial score (nSPS) is 23.1. The van der Waals surface area contributed by atoms with E-state index < -0.39 is 0 Å². The highest BCUT2D eigenvalue weighted by Gasteiger charge is 2.23. The zero-order valence-corrected chi connectivity index (χ0v) is 13.8. The molecule has 1 amide bonds. The molecule has 1 N–H and O–H groups in total. The molecule has 104 valence electrons. The fraction of sp³-hybridized carbons (Fsp3) is 0.533. The number of carbonyl (C=O) groups excluding carboxylic acids is 1. The number of amides is 1. The van der Waals surface area contributed by atoms with Gasteiger partial charge in [-0.2, -0.15) is 11.8 Å². The molecule has 2 nitrogen and oxygen atoms in total. The summed E-state index contributed by atoms with van der Waals surface area (Å²) in [6.45, 7) is 2.01. The Labute approximate surface area is 127 Å². The van der Waals surface area contributed by atoms with Crippen molar-refractivity contribution in [1.82, 2.24) is 5.32 Å². The number of carbonyl (C=O) groups is 1. The average Bonchev–Trinajstić information content (AvgIpc) is 2.42. The van der Waals surface area contributed by atoms with Crippen LogP contribution < -0.4 is 5.32 Å². The van der Waals surface area contributed by atoms with Crippen molar-refractivity contribution in [3.05, 3.63) is 33.8 Å². The highest BCUT2D eigenvalue weighted by molar-refractivity contribution is 9.10. The van der Waals surface area contributed by atoms with E-state index in [0.717, 1.165) is 28.4 Å². The van der Waals surface area contributed by atoms with Gasteiger partial charge >= 0.3 is 0 Å². The Bertz CT molecular complexity index is 463. The highest BCUT2D eigenvalue weighted by Crippen LogP contribution is 2.27. The largest absolute Gasteiger partial charge is 0.349 e. The van der Waals surface area contributed by atoms with E-state index >= 15 is 0 Å². The van der Waals surface area contributed by atoms with Crippen molar-refractivity contribution in [3.8, 4) is 0 Å². The lowest BCUT2D eigenvalue weighted by Gasteiger charge is -2.28. The van der Waals surface area contributed by atoms with Crippen LogP contribution in [0.5, 0.6) is 0 Å². The molecule has 19 heavy (non-hydrogen) atoms. The topological polar surface area (TPSA) is 29.1 Å². The van der Waals surface area contributed by atoms with E-state index in [1.54, 1.807) is 0 Å². The summed E-state index contributed by atoms with van der Waals surface area (Å²) in [6, 6.07) is 6.14. The van der Waals surface area contributed by atoms with Crippen molar-refractivity contribution in [3.63, 3.8) is 0 Å². The van der Waals surface area contributed by atoms with Gasteiger partial charge in [-0.1, -0.05) is 18.6 Å². The van der Waals surface area contributed by atoms with Gasteiger partial charge in [-0.15, -0.1) is 0 Å². The lowest BCUT2D eigenvalue weighted by Crippen LogP contribution is -2.39. The predicted octanol–water partition coefficient (Wildman–Crippen LogP) is 4.16. The van der Waals surface area contributed by atoms with Crippen molar-refractivity contribution in [2.75, 3.05) is 6.26 Å². The van der Waals surface area contributed by atoms with E-state index in [4.69, 9.17) is 0 Å². The Morgan fingerprint density at radius 3 is 2.95 bits per heavy atom. The van der Waals surface area contributed by atoms with Crippen LogP contribution in [0.3, 0.4) is 0 Å². The van der Waals surface area contributed by atoms with Crippen molar-refractivity contribution in [1.29, 1.82) is 0 Å². The molecule has 1 aliphatic rings. The molecule has 1 aromatic carbocycles. The van der Waals surface area contributed by atoms with E-state index in [2.05, 4.69) is 27.5 Å². The molecule has 2 unspecified atom stereocenters. The van der Waals surface area contributed by atoms with Gasteiger partial charge in [0.2, 0.25) is 0 Å². The highest BCUT2D eigenvalue weighted by atomic mass is 79.9. The number of aryl methyl sites for hydroxylation is 1. The lowest BCUT2D eigenvalue weighted by molar-refractivity contribution is 0.0927. The van der Waals surface area contributed by atoms with Crippen LogP contribution in [0, 0.1) is 6.92 Å². The minimum atomic E-state index is 0.0438. The average molecular weight is 342 g/mol. The summed E-state index contributed by atoms with van der Waals surface area (Å²) in [6.07, 6.45) is 6.85. The standard InChI is InChI=1S/C15H20BrNOS/c1-10-5-3-8-13(14(10)16)15(18)17-11-6-4-7-12(9-11)19-2/h3,5,8,11-12H,4,6-7,9H2,1-2H3,(H,17,18). The van der Waals surface area contributed by atoms with E-state index in [-0.39, 0.29) is 5.91 Å². The first-order valence-electron chi connectivity index (χ1n) is 6.70. The smallest absolute Gasteiger partial charge is 0.252 e. The SMILES string of the molecule is CSC1CCCC(NC(=O)c2cccc(C)c2Br)C1.